The predicted molar refractivity (Wildman–Crippen MR) is 46.1 cm³/mol. The largest absolute Gasteiger partial charge is 0.368 e. The molecule has 0 aromatic rings. The Hall–Kier alpha value is -0.570. The Bertz CT molecular complexity index is 121. The van der Waals surface area contributed by atoms with Gasteiger partial charge in [0.05, 0.1) is 6.04 Å². The van der Waals surface area contributed by atoms with Gasteiger partial charge in [-0.25, -0.2) is 0 Å². The molecule has 0 aliphatic rings. The van der Waals surface area contributed by atoms with Gasteiger partial charge in [-0.05, 0) is 13.0 Å². The van der Waals surface area contributed by atoms with Crippen LogP contribution in [0.2, 0.25) is 0 Å². The maximum absolute atomic E-state index is 10.8. The Morgan fingerprint density at radius 1 is 1.45 bits per heavy atom. The lowest BCUT2D eigenvalue weighted by Crippen LogP contribution is -2.44. The van der Waals surface area contributed by atoms with Crippen molar-refractivity contribution in [3.05, 3.63) is 0 Å². The van der Waals surface area contributed by atoms with Crippen molar-refractivity contribution in [3.8, 4) is 0 Å². The van der Waals surface area contributed by atoms with Crippen LogP contribution in [0.3, 0.4) is 0 Å². The third-order valence-corrected chi connectivity index (χ3v) is 2.14. The van der Waals surface area contributed by atoms with Gasteiger partial charge in [0.1, 0.15) is 0 Å². The number of rotatable bonds is 5. The van der Waals surface area contributed by atoms with Crippen molar-refractivity contribution in [3.63, 3.8) is 0 Å². The smallest absolute Gasteiger partial charge is 0.234 e. The number of primary amides is 1. The highest BCUT2D eigenvalue weighted by Gasteiger charge is 2.21. The molecule has 0 fully saturated rings. The SMILES string of the molecule is CCC(CC)[C@@H](NC)C(N)=O. The van der Waals surface area contributed by atoms with Gasteiger partial charge in [-0.15, -0.1) is 0 Å². The molecule has 3 nitrogen and oxygen atoms in total. The number of amides is 1. The van der Waals surface area contributed by atoms with Gasteiger partial charge < -0.3 is 11.1 Å². The first-order valence-corrected chi connectivity index (χ1v) is 4.13. The zero-order chi connectivity index (χ0) is 8.85. The van der Waals surface area contributed by atoms with Gasteiger partial charge in [-0.2, -0.15) is 0 Å². The van der Waals surface area contributed by atoms with Gasteiger partial charge in [-0.1, -0.05) is 26.7 Å². The lowest BCUT2D eigenvalue weighted by Gasteiger charge is -2.21. The zero-order valence-electron chi connectivity index (χ0n) is 7.55. The average Bonchev–Trinajstić information content (AvgIpc) is 1.99. The normalized spacial score (nSPS) is 13.5. The van der Waals surface area contributed by atoms with Crippen LogP contribution < -0.4 is 11.1 Å². The Balaban J connectivity index is 4.09. The first-order chi connectivity index (χ1) is 5.17. The fraction of sp³-hybridized carbons (Fsp3) is 0.875. The monoisotopic (exact) mass is 158 g/mol. The molecule has 0 aliphatic carbocycles. The van der Waals surface area contributed by atoms with E-state index in [9.17, 15) is 4.79 Å². The molecule has 0 unspecified atom stereocenters. The molecule has 1 atom stereocenters. The van der Waals surface area contributed by atoms with E-state index in [1.165, 1.54) is 0 Å². The van der Waals surface area contributed by atoms with E-state index in [0.29, 0.717) is 5.92 Å². The summed E-state index contributed by atoms with van der Waals surface area (Å²) in [5.41, 5.74) is 5.20. The summed E-state index contributed by atoms with van der Waals surface area (Å²) < 4.78 is 0. The number of nitrogens with one attached hydrogen (secondary N) is 1. The molecule has 3 N–H and O–H groups in total. The highest BCUT2D eigenvalue weighted by atomic mass is 16.1. The number of likely N-dealkylation sites (N-methyl/N-ethyl adjacent to an activating group) is 1. The van der Waals surface area contributed by atoms with Crippen molar-refractivity contribution in [2.24, 2.45) is 11.7 Å². The van der Waals surface area contributed by atoms with Gasteiger partial charge in [0.25, 0.3) is 0 Å². The van der Waals surface area contributed by atoms with Crippen molar-refractivity contribution in [1.29, 1.82) is 0 Å². The topological polar surface area (TPSA) is 55.1 Å². The highest BCUT2D eigenvalue weighted by Crippen LogP contribution is 2.11. The van der Waals surface area contributed by atoms with E-state index in [1.807, 2.05) is 0 Å². The van der Waals surface area contributed by atoms with Crippen LogP contribution in [0.5, 0.6) is 0 Å². The van der Waals surface area contributed by atoms with Gasteiger partial charge in [-0.3, -0.25) is 4.79 Å². The Morgan fingerprint density at radius 3 is 2.00 bits per heavy atom. The maximum atomic E-state index is 10.8. The summed E-state index contributed by atoms with van der Waals surface area (Å²) >= 11 is 0. The summed E-state index contributed by atoms with van der Waals surface area (Å²) in [7, 11) is 1.77. The maximum Gasteiger partial charge on any atom is 0.234 e. The van der Waals surface area contributed by atoms with Crippen LogP contribution in [0.25, 0.3) is 0 Å². The second-order valence-corrected chi connectivity index (χ2v) is 2.75. The van der Waals surface area contributed by atoms with E-state index in [2.05, 4.69) is 19.2 Å². The third-order valence-electron chi connectivity index (χ3n) is 2.14. The number of carbonyl (C=O) groups is 1. The molecule has 0 heterocycles. The van der Waals surface area contributed by atoms with E-state index in [1.54, 1.807) is 7.05 Å². The summed E-state index contributed by atoms with van der Waals surface area (Å²) in [6, 6.07) is -0.162. The van der Waals surface area contributed by atoms with Crippen molar-refractivity contribution >= 4 is 5.91 Å². The Kier molecular flexibility index (Phi) is 4.86. The highest BCUT2D eigenvalue weighted by molar-refractivity contribution is 5.80. The summed E-state index contributed by atoms with van der Waals surface area (Å²) in [6.07, 6.45) is 1.98. The van der Waals surface area contributed by atoms with Crippen LogP contribution in [0, 0.1) is 5.92 Å². The minimum absolute atomic E-state index is 0.162. The molecule has 0 spiro atoms. The van der Waals surface area contributed by atoms with Crippen LogP contribution in [0.15, 0.2) is 0 Å². The molecule has 0 rings (SSSR count). The lowest BCUT2D eigenvalue weighted by molar-refractivity contribution is -0.121. The van der Waals surface area contributed by atoms with Gasteiger partial charge in [0.15, 0.2) is 0 Å². The van der Waals surface area contributed by atoms with E-state index in [4.69, 9.17) is 5.73 Å². The average molecular weight is 158 g/mol. The van der Waals surface area contributed by atoms with E-state index >= 15 is 0 Å². The molecule has 0 radical (unpaired) electrons. The molecular formula is C8H18N2O. The van der Waals surface area contributed by atoms with Gasteiger partial charge in [0.2, 0.25) is 5.91 Å². The lowest BCUT2D eigenvalue weighted by atomic mass is 9.94. The fourth-order valence-electron chi connectivity index (χ4n) is 1.37. The number of hydrogen-bond acceptors (Lipinski definition) is 2. The van der Waals surface area contributed by atoms with Crippen molar-refractivity contribution in [2.45, 2.75) is 32.7 Å². The summed E-state index contributed by atoms with van der Waals surface area (Å²) in [4.78, 5) is 10.8. The van der Waals surface area contributed by atoms with E-state index in [-0.39, 0.29) is 11.9 Å². The second kappa shape index (κ2) is 5.13. The summed E-state index contributed by atoms with van der Waals surface area (Å²) in [6.45, 7) is 4.14. The molecule has 66 valence electrons. The minimum atomic E-state index is -0.249. The molecular weight excluding hydrogens is 140 g/mol. The first-order valence-electron chi connectivity index (χ1n) is 4.13. The van der Waals surface area contributed by atoms with Crippen molar-refractivity contribution in [2.75, 3.05) is 7.05 Å². The van der Waals surface area contributed by atoms with E-state index < -0.39 is 0 Å². The molecule has 0 aliphatic heterocycles. The molecule has 3 heteroatoms. The minimum Gasteiger partial charge on any atom is -0.368 e. The molecule has 0 aromatic heterocycles. The van der Waals surface area contributed by atoms with Crippen LogP contribution in [-0.4, -0.2) is 19.0 Å². The fourth-order valence-corrected chi connectivity index (χ4v) is 1.37. The van der Waals surface area contributed by atoms with Crippen LogP contribution in [0.4, 0.5) is 0 Å². The van der Waals surface area contributed by atoms with Crippen LogP contribution >= 0.6 is 0 Å². The predicted octanol–water partition coefficient (Wildman–Crippen LogP) is 0.496. The van der Waals surface area contributed by atoms with E-state index in [0.717, 1.165) is 12.8 Å². The molecule has 1 amide bonds. The Labute approximate surface area is 68.3 Å². The Morgan fingerprint density at radius 2 is 1.91 bits per heavy atom. The van der Waals surface area contributed by atoms with Crippen molar-refractivity contribution in [1.82, 2.24) is 5.32 Å². The number of hydrogen-bond donors (Lipinski definition) is 2. The molecule has 0 bridgehead atoms. The molecule has 11 heavy (non-hydrogen) atoms. The van der Waals surface area contributed by atoms with Crippen LogP contribution in [0.1, 0.15) is 26.7 Å². The van der Waals surface area contributed by atoms with Gasteiger partial charge in [0, 0.05) is 0 Å². The molecule has 0 saturated heterocycles. The third kappa shape index (κ3) is 2.89. The standard InChI is InChI=1S/C8H18N2O/c1-4-6(5-2)7(10-3)8(9)11/h6-7,10H,4-5H2,1-3H3,(H2,9,11)/t7-/m1/s1. The molecule has 0 saturated carbocycles. The quantitative estimate of drug-likeness (QED) is 0.612. The number of nitrogens with two attached hydrogens (primary N) is 1. The number of carbonyl (C=O) groups excluding carboxylic acids is 1. The van der Waals surface area contributed by atoms with Gasteiger partial charge >= 0.3 is 0 Å². The van der Waals surface area contributed by atoms with Crippen LogP contribution in [-0.2, 0) is 4.79 Å². The zero-order valence-corrected chi connectivity index (χ0v) is 7.55. The molecule has 0 aromatic carbocycles. The van der Waals surface area contributed by atoms with Crippen molar-refractivity contribution < 1.29 is 4.79 Å². The summed E-state index contributed by atoms with van der Waals surface area (Å²) in [5.74, 6) is 0.124. The second-order valence-electron chi connectivity index (χ2n) is 2.75. The first kappa shape index (κ1) is 10.4. The summed E-state index contributed by atoms with van der Waals surface area (Å²) in [5, 5.41) is 2.93.